The lowest BCUT2D eigenvalue weighted by molar-refractivity contribution is 0.0689. The minimum atomic E-state index is -1.04. The molecule has 0 unspecified atom stereocenters. The van der Waals surface area contributed by atoms with Crippen LogP contribution in [0.3, 0.4) is 0 Å². The van der Waals surface area contributed by atoms with Gasteiger partial charge in [-0.25, -0.2) is 14.2 Å². The van der Waals surface area contributed by atoms with Crippen molar-refractivity contribution in [3.8, 4) is 0 Å². The number of rotatable bonds is 3. The van der Waals surface area contributed by atoms with E-state index in [0.29, 0.717) is 12.0 Å². The molecule has 0 spiro atoms. The average Bonchev–Trinajstić information content (AvgIpc) is 2.75. The van der Waals surface area contributed by atoms with Crippen LogP contribution >= 0.6 is 0 Å². The fourth-order valence-electron chi connectivity index (χ4n) is 2.75. The number of hydrogen-bond acceptors (Lipinski definition) is 3. The Hall–Kier alpha value is -2.43. The summed E-state index contributed by atoms with van der Waals surface area (Å²) in [5.41, 5.74) is 3.03. The topological polar surface area (TPSA) is 62.2 Å². The normalized spacial score (nSPS) is 15.2. The van der Waals surface area contributed by atoms with E-state index in [4.69, 9.17) is 0 Å². The second-order valence-electron chi connectivity index (χ2n) is 6.24. The van der Waals surface area contributed by atoms with E-state index in [2.05, 4.69) is 10.3 Å². The van der Waals surface area contributed by atoms with Gasteiger partial charge in [0.15, 0.2) is 5.69 Å². The Morgan fingerprint density at radius 3 is 2.68 bits per heavy atom. The molecule has 0 saturated carbocycles. The Balaban J connectivity index is 2.04. The van der Waals surface area contributed by atoms with Gasteiger partial charge in [-0.15, -0.1) is 0 Å². The van der Waals surface area contributed by atoms with E-state index >= 15 is 0 Å². The molecule has 0 fully saturated rings. The molecule has 1 aromatic carbocycles. The van der Waals surface area contributed by atoms with E-state index < -0.39 is 5.97 Å². The molecule has 0 amide bonds. The number of nitrogens with zero attached hydrogens (tertiary/aromatic N) is 1. The lowest BCUT2D eigenvalue weighted by Gasteiger charge is -2.17. The number of pyridine rings is 1. The summed E-state index contributed by atoms with van der Waals surface area (Å²) in [5, 5.41) is 12.7. The SMILES string of the molecule is CC1(C)CNc2cc(Cc3ccc(F)cc3)c(C(=O)O)nc21. The van der Waals surface area contributed by atoms with Crippen LogP contribution in [0.25, 0.3) is 0 Å². The van der Waals surface area contributed by atoms with E-state index in [1.54, 1.807) is 12.1 Å². The highest BCUT2D eigenvalue weighted by molar-refractivity contribution is 5.88. The predicted octanol–water partition coefficient (Wildman–Crippen LogP) is 3.21. The molecule has 114 valence electrons. The van der Waals surface area contributed by atoms with Gasteiger partial charge in [0.05, 0.1) is 11.4 Å². The third-order valence-electron chi connectivity index (χ3n) is 3.97. The first-order valence-electron chi connectivity index (χ1n) is 7.13. The molecular formula is C17H17FN2O2. The molecule has 2 N–H and O–H groups in total. The summed E-state index contributed by atoms with van der Waals surface area (Å²) in [7, 11) is 0. The minimum Gasteiger partial charge on any atom is -0.477 e. The van der Waals surface area contributed by atoms with Crippen molar-refractivity contribution < 1.29 is 14.3 Å². The Kier molecular flexibility index (Phi) is 3.35. The number of anilines is 1. The standard InChI is InChI=1S/C17H17FN2O2/c1-17(2)9-19-13-8-11(14(16(21)22)20-15(13)17)7-10-3-5-12(18)6-4-10/h3-6,8,19H,7,9H2,1-2H3,(H,21,22). The molecular weight excluding hydrogens is 283 g/mol. The zero-order chi connectivity index (χ0) is 15.9. The minimum absolute atomic E-state index is 0.0693. The summed E-state index contributed by atoms with van der Waals surface area (Å²) in [5.74, 6) is -1.35. The molecule has 5 heteroatoms. The number of benzene rings is 1. The van der Waals surface area contributed by atoms with Gasteiger partial charge in [-0.2, -0.15) is 0 Å². The molecule has 22 heavy (non-hydrogen) atoms. The Bertz CT molecular complexity index is 739. The van der Waals surface area contributed by atoms with Crippen LogP contribution in [0.2, 0.25) is 0 Å². The maximum absolute atomic E-state index is 13.0. The van der Waals surface area contributed by atoms with Crippen LogP contribution in [0, 0.1) is 5.82 Å². The lowest BCUT2D eigenvalue weighted by Crippen LogP contribution is -2.21. The third kappa shape index (κ3) is 2.54. The quantitative estimate of drug-likeness (QED) is 0.913. The van der Waals surface area contributed by atoms with Gasteiger partial charge in [-0.3, -0.25) is 0 Å². The number of carboxylic acids is 1. The van der Waals surface area contributed by atoms with Crippen molar-refractivity contribution in [3.05, 3.63) is 58.7 Å². The van der Waals surface area contributed by atoms with Gasteiger partial charge in [-0.1, -0.05) is 26.0 Å². The number of aromatic nitrogens is 1. The summed E-state index contributed by atoms with van der Waals surface area (Å²) in [6.07, 6.45) is 0.407. The molecule has 0 saturated heterocycles. The van der Waals surface area contributed by atoms with Crippen molar-refractivity contribution in [2.24, 2.45) is 0 Å². The number of carbonyl (C=O) groups is 1. The molecule has 1 aliphatic heterocycles. The fourth-order valence-corrected chi connectivity index (χ4v) is 2.75. The zero-order valence-corrected chi connectivity index (χ0v) is 12.5. The van der Waals surface area contributed by atoms with Gasteiger partial charge < -0.3 is 10.4 Å². The van der Waals surface area contributed by atoms with E-state index in [9.17, 15) is 14.3 Å². The van der Waals surface area contributed by atoms with Crippen LogP contribution in [-0.2, 0) is 11.8 Å². The summed E-state index contributed by atoms with van der Waals surface area (Å²) in [6.45, 7) is 4.79. The second kappa shape index (κ2) is 5.09. The van der Waals surface area contributed by atoms with Crippen molar-refractivity contribution >= 4 is 11.7 Å². The summed E-state index contributed by atoms with van der Waals surface area (Å²) >= 11 is 0. The van der Waals surface area contributed by atoms with Crippen LogP contribution in [0.1, 0.15) is 41.2 Å². The van der Waals surface area contributed by atoms with E-state index in [1.807, 2.05) is 19.9 Å². The van der Waals surface area contributed by atoms with Crippen molar-refractivity contribution in [1.29, 1.82) is 0 Å². The van der Waals surface area contributed by atoms with Crippen molar-refractivity contribution in [3.63, 3.8) is 0 Å². The fraction of sp³-hybridized carbons (Fsp3) is 0.294. The maximum atomic E-state index is 13.0. The molecule has 0 radical (unpaired) electrons. The van der Waals surface area contributed by atoms with Gasteiger partial charge in [0.25, 0.3) is 0 Å². The highest BCUT2D eigenvalue weighted by Crippen LogP contribution is 2.36. The van der Waals surface area contributed by atoms with Gasteiger partial charge >= 0.3 is 5.97 Å². The Morgan fingerprint density at radius 2 is 2.05 bits per heavy atom. The van der Waals surface area contributed by atoms with E-state index in [1.165, 1.54) is 12.1 Å². The third-order valence-corrected chi connectivity index (χ3v) is 3.97. The van der Waals surface area contributed by atoms with Crippen LogP contribution in [-0.4, -0.2) is 22.6 Å². The van der Waals surface area contributed by atoms with Crippen LogP contribution in [0.5, 0.6) is 0 Å². The molecule has 3 rings (SSSR count). The largest absolute Gasteiger partial charge is 0.477 e. The van der Waals surface area contributed by atoms with Gasteiger partial charge in [-0.05, 0) is 35.7 Å². The molecule has 4 nitrogen and oxygen atoms in total. The number of carboxylic acid groups (broad SMARTS) is 1. The first-order valence-corrected chi connectivity index (χ1v) is 7.13. The number of nitrogens with one attached hydrogen (secondary N) is 1. The Labute approximate surface area is 128 Å². The molecule has 2 heterocycles. The molecule has 0 aliphatic carbocycles. The monoisotopic (exact) mass is 300 g/mol. The predicted molar refractivity (Wildman–Crippen MR) is 81.9 cm³/mol. The summed E-state index contributed by atoms with van der Waals surface area (Å²) in [6, 6.07) is 7.91. The average molecular weight is 300 g/mol. The number of fused-ring (bicyclic) bond motifs is 1. The van der Waals surface area contributed by atoms with Crippen LogP contribution in [0.4, 0.5) is 10.1 Å². The molecule has 2 aromatic rings. The van der Waals surface area contributed by atoms with E-state index in [0.717, 1.165) is 23.5 Å². The second-order valence-corrected chi connectivity index (χ2v) is 6.24. The van der Waals surface area contributed by atoms with Gasteiger partial charge in [0, 0.05) is 12.0 Å². The highest BCUT2D eigenvalue weighted by atomic mass is 19.1. The first kappa shape index (κ1) is 14.5. The molecule has 1 aromatic heterocycles. The maximum Gasteiger partial charge on any atom is 0.354 e. The van der Waals surface area contributed by atoms with Gasteiger partial charge in [0.1, 0.15) is 5.82 Å². The van der Waals surface area contributed by atoms with E-state index in [-0.39, 0.29) is 16.9 Å². The number of aromatic carboxylic acids is 1. The van der Waals surface area contributed by atoms with Crippen molar-refractivity contribution in [1.82, 2.24) is 4.98 Å². The zero-order valence-electron chi connectivity index (χ0n) is 12.5. The molecule has 1 aliphatic rings. The highest BCUT2D eigenvalue weighted by Gasteiger charge is 2.33. The summed E-state index contributed by atoms with van der Waals surface area (Å²) < 4.78 is 13.0. The molecule has 0 atom stereocenters. The lowest BCUT2D eigenvalue weighted by atomic mass is 9.90. The summed E-state index contributed by atoms with van der Waals surface area (Å²) in [4.78, 5) is 15.9. The first-order chi connectivity index (χ1) is 10.4. The van der Waals surface area contributed by atoms with Crippen LogP contribution in [0.15, 0.2) is 30.3 Å². The number of hydrogen-bond donors (Lipinski definition) is 2. The number of halogens is 1. The van der Waals surface area contributed by atoms with Gasteiger partial charge in [0.2, 0.25) is 0 Å². The van der Waals surface area contributed by atoms with Crippen molar-refractivity contribution in [2.45, 2.75) is 25.7 Å². The van der Waals surface area contributed by atoms with Crippen molar-refractivity contribution in [2.75, 3.05) is 11.9 Å². The molecule has 0 bridgehead atoms. The smallest absolute Gasteiger partial charge is 0.354 e. The van der Waals surface area contributed by atoms with Crippen LogP contribution < -0.4 is 5.32 Å². The Morgan fingerprint density at radius 1 is 1.36 bits per heavy atom.